The van der Waals surface area contributed by atoms with E-state index in [1.54, 1.807) is 25.3 Å². The van der Waals surface area contributed by atoms with Crippen LogP contribution in [0.4, 0.5) is 4.39 Å². The van der Waals surface area contributed by atoms with Gasteiger partial charge >= 0.3 is 0 Å². The fourth-order valence-electron chi connectivity index (χ4n) is 1.41. The van der Waals surface area contributed by atoms with E-state index in [0.29, 0.717) is 11.4 Å². The first-order valence-corrected chi connectivity index (χ1v) is 5.54. The molecule has 0 saturated heterocycles. The molecule has 4 nitrogen and oxygen atoms in total. The highest BCUT2D eigenvalue weighted by Gasteiger charge is 2.10. The summed E-state index contributed by atoms with van der Waals surface area (Å²) in [5, 5.41) is 4.05. The zero-order valence-electron chi connectivity index (χ0n) is 10.1. The van der Waals surface area contributed by atoms with Crippen molar-refractivity contribution in [2.24, 2.45) is 0 Å². The average molecular weight is 248 g/mol. The van der Waals surface area contributed by atoms with Crippen LogP contribution in [0.5, 0.6) is 5.75 Å². The minimum absolute atomic E-state index is 0.0616. The van der Waals surface area contributed by atoms with Gasteiger partial charge in [0.15, 0.2) is 17.6 Å². The monoisotopic (exact) mass is 248 g/mol. The second-order valence-corrected chi connectivity index (χ2v) is 3.97. The Morgan fingerprint density at radius 3 is 2.94 bits per heavy atom. The molecule has 1 aromatic heterocycles. The summed E-state index contributed by atoms with van der Waals surface area (Å²) >= 11 is 0. The highest BCUT2D eigenvalue weighted by atomic mass is 19.1. The first kappa shape index (κ1) is 12.3. The van der Waals surface area contributed by atoms with Crippen molar-refractivity contribution < 1.29 is 13.9 Å². The van der Waals surface area contributed by atoms with Crippen molar-refractivity contribution in [1.82, 2.24) is 9.78 Å². The smallest absolute Gasteiger partial charge is 0.169 e. The van der Waals surface area contributed by atoms with Gasteiger partial charge in [-0.3, -0.25) is 4.79 Å². The zero-order chi connectivity index (χ0) is 13.1. The molecule has 0 spiro atoms. The highest BCUT2D eigenvalue weighted by molar-refractivity contribution is 5.80. The molecule has 0 radical (unpaired) electrons. The Hall–Kier alpha value is -2.17. The summed E-state index contributed by atoms with van der Waals surface area (Å²) in [6.07, 6.45) is 2.58. The Morgan fingerprint density at radius 1 is 1.50 bits per heavy atom. The predicted octanol–water partition coefficient (Wildman–Crippen LogP) is 2.37. The van der Waals surface area contributed by atoms with Crippen molar-refractivity contribution in [1.29, 1.82) is 0 Å². The van der Waals surface area contributed by atoms with Crippen molar-refractivity contribution in [3.8, 4) is 11.4 Å². The summed E-state index contributed by atoms with van der Waals surface area (Å²) in [7, 11) is 0. The molecular weight excluding hydrogens is 235 g/mol. The summed E-state index contributed by atoms with van der Waals surface area (Å²) in [5.41, 5.74) is 0.598. The van der Waals surface area contributed by atoms with Gasteiger partial charge in [-0.1, -0.05) is 6.07 Å². The number of benzene rings is 1. The number of hydrogen-bond acceptors (Lipinski definition) is 3. The van der Waals surface area contributed by atoms with Gasteiger partial charge < -0.3 is 4.74 Å². The molecule has 1 heterocycles. The van der Waals surface area contributed by atoms with Gasteiger partial charge in [0.2, 0.25) is 0 Å². The third-order valence-electron chi connectivity index (χ3n) is 2.52. The molecule has 94 valence electrons. The van der Waals surface area contributed by atoms with Crippen LogP contribution in [0.15, 0.2) is 36.7 Å². The van der Waals surface area contributed by atoms with Crippen LogP contribution in [-0.2, 0) is 4.79 Å². The normalized spacial score (nSPS) is 12.2. The van der Waals surface area contributed by atoms with E-state index in [2.05, 4.69) is 5.10 Å². The number of carbonyl (C=O) groups is 1. The van der Waals surface area contributed by atoms with Gasteiger partial charge in [0, 0.05) is 0 Å². The molecule has 0 aliphatic carbocycles. The molecule has 1 unspecified atom stereocenters. The first-order chi connectivity index (χ1) is 8.56. The van der Waals surface area contributed by atoms with E-state index in [1.807, 2.05) is 0 Å². The highest BCUT2D eigenvalue weighted by Crippen LogP contribution is 2.15. The number of hydrogen-bond donors (Lipinski definition) is 0. The number of carbonyl (C=O) groups excluding carboxylic acids is 1. The van der Waals surface area contributed by atoms with Crippen LogP contribution in [0.3, 0.4) is 0 Å². The van der Waals surface area contributed by atoms with Crippen molar-refractivity contribution in [3.05, 3.63) is 42.5 Å². The molecule has 0 amide bonds. The molecule has 0 fully saturated rings. The number of nitrogens with zero attached hydrogens (tertiary/aromatic N) is 2. The Bertz CT molecular complexity index is 566. The molecule has 5 heteroatoms. The molecule has 18 heavy (non-hydrogen) atoms. The summed E-state index contributed by atoms with van der Waals surface area (Å²) < 4.78 is 19.9. The maximum atomic E-state index is 13.1. The van der Waals surface area contributed by atoms with Gasteiger partial charge in [-0.05, 0) is 32.0 Å². The quantitative estimate of drug-likeness (QED) is 0.834. The molecule has 2 aromatic rings. The number of ether oxygens (including phenoxy) is 1. The molecule has 2 rings (SSSR count). The Labute approximate surface area is 104 Å². The molecule has 0 aliphatic rings. The minimum Gasteiger partial charge on any atom is -0.480 e. The topological polar surface area (TPSA) is 44.1 Å². The van der Waals surface area contributed by atoms with Crippen LogP contribution in [-0.4, -0.2) is 21.7 Å². The average Bonchev–Trinajstić information content (AvgIpc) is 2.77. The third-order valence-corrected chi connectivity index (χ3v) is 2.52. The molecule has 1 aromatic carbocycles. The molecular formula is C13H13FN2O2. The van der Waals surface area contributed by atoms with Crippen LogP contribution < -0.4 is 4.74 Å². The zero-order valence-corrected chi connectivity index (χ0v) is 10.1. The molecule has 0 bridgehead atoms. The Kier molecular flexibility index (Phi) is 3.41. The van der Waals surface area contributed by atoms with Crippen LogP contribution in [0, 0.1) is 5.82 Å². The summed E-state index contributed by atoms with van der Waals surface area (Å²) in [6, 6.07) is 6.06. The lowest BCUT2D eigenvalue weighted by atomic mass is 10.3. The molecule has 0 aliphatic heterocycles. The second-order valence-electron chi connectivity index (χ2n) is 3.97. The lowest BCUT2D eigenvalue weighted by molar-refractivity contribution is -0.122. The number of Topliss-reactive ketones (excluding diaryl/α,β-unsaturated/α-hetero) is 1. The van der Waals surface area contributed by atoms with Gasteiger partial charge in [0.05, 0.1) is 18.1 Å². The first-order valence-electron chi connectivity index (χ1n) is 5.54. The SMILES string of the molecule is CC(=O)C(C)Oc1cnn(-c2cccc(F)c2)c1. The van der Waals surface area contributed by atoms with E-state index in [4.69, 9.17) is 4.74 Å². The van der Waals surface area contributed by atoms with Crippen molar-refractivity contribution in [2.75, 3.05) is 0 Å². The Balaban J connectivity index is 2.18. The Morgan fingerprint density at radius 2 is 2.28 bits per heavy atom. The lowest BCUT2D eigenvalue weighted by Crippen LogP contribution is -2.20. The van der Waals surface area contributed by atoms with E-state index in [1.165, 1.54) is 29.9 Å². The largest absolute Gasteiger partial charge is 0.480 e. The lowest BCUT2D eigenvalue weighted by Gasteiger charge is -2.08. The summed E-state index contributed by atoms with van der Waals surface area (Å²) in [4.78, 5) is 11.1. The van der Waals surface area contributed by atoms with E-state index in [0.717, 1.165) is 0 Å². The van der Waals surface area contributed by atoms with Gasteiger partial charge in [0.25, 0.3) is 0 Å². The maximum Gasteiger partial charge on any atom is 0.169 e. The number of ketones is 1. The van der Waals surface area contributed by atoms with Crippen LogP contribution in [0.1, 0.15) is 13.8 Å². The van der Waals surface area contributed by atoms with Crippen LogP contribution in [0.2, 0.25) is 0 Å². The predicted molar refractivity (Wildman–Crippen MR) is 64.3 cm³/mol. The maximum absolute atomic E-state index is 13.1. The molecule has 1 atom stereocenters. The van der Waals surface area contributed by atoms with E-state index < -0.39 is 6.10 Å². The second kappa shape index (κ2) is 5.00. The van der Waals surface area contributed by atoms with Crippen molar-refractivity contribution in [2.45, 2.75) is 20.0 Å². The van der Waals surface area contributed by atoms with E-state index in [9.17, 15) is 9.18 Å². The fraction of sp³-hybridized carbons (Fsp3) is 0.231. The van der Waals surface area contributed by atoms with E-state index in [-0.39, 0.29) is 11.6 Å². The summed E-state index contributed by atoms with van der Waals surface area (Å²) in [6.45, 7) is 3.13. The number of halogens is 1. The van der Waals surface area contributed by atoms with Gasteiger partial charge in [0.1, 0.15) is 5.82 Å². The van der Waals surface area contributed by atoms with E-state index >= 15 is 0 Å². The van der Waals surface area contributed by atoms with Crippen molar-refractivity contribution >= 4 is 5.78 Å². The van der Waals surface area contributed by atoms with Crippen LogP contribution in [0.25, 0.3) is 5.69 Å². The van der Waals surface area contributed by atoms with Crippen LogP contribution >= 0.6 is 0 Å². The van der Waals surface area contributed by atoms with Gasteiger partial charge in [-0.25, -0.2) is 9.07 Å². The van der Waals surface area contributed by atoms with Gasteiger partial charge in [-0.15, -0.1) is 0 Å². The molecule has 0 saturated carbocycles. The number of rotatable bonds is 4. The minimum atomic E-state index is -0.518. The third kappa shape index (κ3) is 2.74. The van der Waals surface area contributed by atoms with Gasteiger partial charge in [-0.2, -0.15) is 5.10 Å². The fourth-order valence-corrected chi connectivity index (χ4v) is 1.41. The number of aromatic nitrogens is 2. The molecule has 0 N–H and O–H groups in total. The summed E-state index contributed by atoms with van der Waals surface area (Å²) in [5.74, 6) is 0.0815. The standard InChI is InChI=1S/C13H13FN2O2/c1-9(17)10(2)18-13-7-15-16(8-13)12-5-3-4-11(14)6-12/h3-8,10H,1-2H3. The van der Waals surface area contributed by atoms with Crippen molar-refractivity contribution in [3.63, 3.8) is 0 Å².